The van der Waals surface area contributed by atoms with Gasteiger partial charge in [-0.25, -0.2) is 10.1 Å². The van der Waals surface area contributed by atoms with Gasteiger partial charge in [-0.15, -0.1) is 0 Å². The van der Waals surface area contributed by atoms with Crippen molar-refractivity contribution in [1.82, 2.24) is 29.8 Å². The molecule has 0 aliphatic rings. The number of nitrogens with one attached hydrogen (secondary N) is 2. The molecule has 2 heterocycles. The summed E-state index contributed by atoms with van der Waals surface area (Å²) < 4.78 is 4.09. The number of imidazole rings is 1. The zero-order chi connectivity index (χ0) is 27.0. The molecule has 1 amide bonds. The number of benzene rings is 3. The van der Waals surface area contributed by atoms with Crippen LogP contribution in [0.3, 0.4) is 0 Å². The molecule has 0 unspecified atom stereocenters. The van der Waals surface area contributed by atoms with Crippen molar-refractivity contribution >= 4 is 51.8 Å². The number of carbonyl (C=O) groups excluding carboxylic acids is 1. The number of aryl methyl sites for hydroxylation is 1. The van der Waals surface area contributed by atoms with Gasteiger partial charge in [0.15, 0.2) is 0 Å². The summed E-state index contributed by atoms with van der Waals surface area (Å²) in [5.74, 6) is -0.133. The number of hydrogen-bond acceptors (Lipinski definition) is 5. The fraction of sp³-hybridized carbons (Fsp3) is 0.222. The molecular formula is C27H26Cl2N8O. The molecule has 38 heavy (non-hydrogen) atoms. The first-order chi connectivity index (χ1) is 18.1. The topological polar surface area (TPSA) is 106 Å². The molecule has 0 bridgehead atoms. The minimum Gasteiger partial charge on any atom is -0.313 e. The van der Waals surface area contributed by atoms with E-state index in [9.17, 15) is 4.79 Å². The van der Waals surface area contributed by atoms with E-state index in [0.717, 1.165) is 27.9 Å². The molecule has 3 aromatic carbocycles. The molecule has 2 aromatic heterocycles. The minimum absolute atomic E-state index is 0.0559. The maximum atomic E-state index is 12.5. The van der Waals surface area contributed by atoms with Crippen molar-refractivity contribution in [3.8, 4) is 0 Å². The van der Waals surface area contributed by atoms with Crippen LogP contribution in [0.5, 0.6) is 0 Å². The van der Waals surface area contributed by atoms with Crippen LogP contribution in [0.2, 0.25) is 10.0 Å². The summed E-state index contributed by atoms with van der Waals surface area (Å²) in [6.07, 6.45) is 0. The lowest BCUT2D eigenvalue weighted by molar-refractivity contribution is 0.102. The van der Waals surface area contributed by atoms with Crippen LogP contribution in [0, 0.1) is 0 Å². The van der Waals surface area contributed by atoms with Gasteiger partial charge < -0.3 is 9.13 Å². The smallest absolute Gasteiger partial charge is 0.258 e. The Bertz CT molecular complexity index is 1680. The Morgan fingerprint density at radius 3 is 2.26 bits per heavy atom. The van der Waals surface area contributed by atoms with E-state index in [4.69, 9.17) is 28.2 Å². The van der Waals surface area contributed by atoms with Crippen LogP contribution in [-0.2, 0) is 19.0 Å². The highest BCUT2D eigenvalue weighted by atomic mass is 35.5. The largest absolute Gasteiger partial charge is 0.313 e. The molecule has 0 fully saturated rings. The molecule has 0 saturated heterocycles. The van der Waals surface area contributed by atoms with Gasteiger partial charge in [0.1, 0.15) is 0 Å². The van der Waals surface area contributed by atoms with E-state index in [2.05, 4.69) is 63.4 Å². The number of H-pyrrole nitrogens is 1. The number of aromatic nitrogens is 6. The van der Waals surface area contributed by atoms with Gasteiger partial charge in [-0.3, -0.25) is 10.1 Å². The molecule has 0 aliphatic carbocycles. The zero-order valence-electron chi connectivity index (χ0n) is 21.3. The first-order valence-electron chi connectivity index (χ1n) is 11.9. The van der Waals surface area contributed by atoms with Crippen molar-refractivity contribution in [3.05, 3.63) is 93.0 Å². The Kier molecular flexibility index (Phi) is 6.81. The molecule has 5 rings (SSSR count). The van der Waals surface area contributed by atoms with Gasteiger partial charge >= 0.3 is 0 Å². The lowest BCUT2D eigenvalue weighted by Crippen LogP contribution is -2.24. The van der Waals surface area contributed by atoms with Crippen LogP contribution >= 0.6 is 23.2 Å². The van der Waals surface area contributed by atoms with Crippen LogP contribution in [0.4, 0.5) is 11.6 Å². The summed E-state index contributed by atoms with van der Waals surface area (Å²) in [6.45, 7) is 7.06. The quantitative estimate of drug-likeness (QED) is 0.296. The predicted octanol–water partition coefficient (Wildman–Crippen LogP) is 5.63. The van der Waals surface area contributed by atoms with Gasteiger partial charge in [0.2, 0.25) is 11.6 Å². The van der Waals surface area contributed by atoms with Crippen LogP contribution in [0.25, 0.3) is 11.0 Å². The predicted molar refractivity (Wildman–Crippen MR) is 149 cm³/mol. The maximum absolute atomic E-state index is 12.5. The standard InChI is InChI=1S/C27H26Cl2N8O/c1-27(2,3)18-9-11-19(12-10-18)30-26-36(4)22-13-20(28)21(29)14-23(22)37(26)15-16-5-7-17(8-6-16)24(38)31-25-32-34-35-33-25/h5-14H,15H2,1-4H3,(H2,31,32,33,34,35,38). The molecule has 0 spiro atoms. The van der Waals surface area contributed by atoms with E-state index < -0.39 is 0 Å². The number of amides is 1. The molecule has 11 heteroatoms. The van der Waals surface area contributed by atoms with E-state index >= 15 is 0 Å². The molecular weight excluding hydrogens is 523 g/mol. The first-order valence-corrected chi connectivity index (χ1v) is 12.7. The average molecular weight is 549 g/mol. The maximum Gasteiger partial charge on any atom is 0.258 e. The number of hydrogen-bond donors (Lipinski definition) is 2. The lowest BCUT2D eigenvalue weighted by atomic mass is 9.87. The number of tetrazole rings is 1. The molecule has 2 N–H and O–H groups in total. The number of aromatic amines is 1. The fourth-order valence-corrected chi connectivity index (χ4v) is 4.50. The summed E-state index contributed by atoms with van der Waals surface area (Å²) in [5, 5.41) is 16.6. The van der Waals surface area contributed by atoms with Gasteiger partial charge in [-0.1, -0.05) is 73.3 Å². The second-order valence-electron chi connectivity index (χ2n) is 10.0. The molecule has 0 saturated carbocycles. The van der Waals surface area contributed by atoms with Crippen LogP contribution in [-0.4, -0.2) is 35.7 Å². The Morgan fingerprint density at radius 2 is 1.66 bits per heavy atom. The summed E-state index contributed by atoms with van der Waals surface area (Å²) in [5.41, 5.74) is 6.12. The van der Waals surface area contributed by atoms with Crippen molar-refractivity contribution in [1.29, 1.82) is 0 Å². The van der Waals surface area contributed by atoms with Crippen LogP contribution in [0.1, 0.15) is 42.3 Å². The number of fused-ring (bicyclic) bond motifs is 1. The molecule has 5 aromatic rings. The van der Waals surface area contributed by atoms with Crippen molar-refractivity contribution < 1.29 is 4.79 Å². The van der Waals surface area contributed by atoms with Crippen LogP contribution in [0.15, 0.2) is 65.7 Å². The summed E-state index contributed by atoms with van der Waals surface area (Å²) in [4.78, 5) is 17.5. The fourth-order valence-electron chi connectivity index (χ4n) is 4.19. The Hall–Kier alpha value is -3.95. The van der Waals surface area contributed by atoms with Gasteiger partial charge in [0.25, 0.3) is 5.91 Å². The third kappa shape index (κ3) is 5.20. The van der Waals surface area contributed by atoms with Crippen LogP contribution < -0.4 is 10.9 Å². The molecule has 194 valence electrons. The van der Waals surface area contributed by atoms with E-state index in [1.165, 1.54) is 5.56 Å². The van der Waals surface area contributed by atoms with E-state index in [0.29, 0.717) is 22.2 Å². The Labute approximate surface area is 229 Å². The van der Waals surface area contributed by atoms with E-state index in [-0.39, 0.29) is 17.3 Å². The van der Waals surface area contributed by atoms with E-state index in [1.54, 1.807) is 12.1 Å². The molecule has 0 radical (unpaired) electrons. The molecule has 9 nitrogen and oxygen atoms in total. The summed E-state index contributed by atoms with van der Waals surface area (Å²) >= 11 is 12.8. The Balaban J connectivity index is 1.54. The van der Waals surface area contributed by atoms with Crippen molar-refractivity contribution in [2.24, 2.45) is 12.0 Å². The highest BCUT2D eigenvalue weighted by molar-refractivity contribution is 6.42. The summed E-state index contributed by atoms with van der Waals surface area (Å²) in [6, 6.07) is 19.3. The summed E-state index contributed by atoms with van der Waals surface area (Å²) in [7, 11) is 1.96. The van der Waals surface area contributed by atoms with Gasteiger partial charge in [-0.2, -0.15) is 0 Å². The number of rotatable bonds is 5. The van der Waals surface area contributed by atoms with Gasteiger partial charge in [-0.05, 0) is 63.4 Å². The molecule has 0 atom stereocenters. The third-order valence-corrected chi connectivity index (χ3v) is 7.03. The normalized spacial score (nSPS) is 12.3. The average Bonchev–Trinajstić information content (AvgIpc) is 3.47. The second-order valence-corrected chi connectivity index (χ2v) is 10.8. The first kappa shape index (κ1) is 25.7. The highest BCUT2D eigenvalue weighted by Crippen LogP contribution is 2.28. The highest BCUT2D eigenvalue weighted by Gasteiger charge is 2.15. The number of halogens is 2. The van der Waals surface area contributed by atoms with Gasteiger partial charge in [0.05, 0.1) is 33.3 Å². The van der Waals surface area contributed by atoms with Crippen molar-refractivity contribution in [2.45, 2.75) is 32.7 Å². The Morgan fingerprint density at radius 1 is 1.00 bits per heavy atom. The lowest BCUT2D eigenvalue weighted by Gasteiger charge is -2.18. The second kappa shape index (κ2) is 10.1. The SMILES string of the molecule is Cn1c(=Nc2ccc(C(C)(C)C)cc2)n(Cc2ccc(C(=O)Nc3nnn[nH]3)cc2)c2cc(Cl)c(Cl)cc21. The minimum atomic E-state index is -0.316. The number of carbonyl (C=O) groups is 1. The number of anilines is 1. The van der Waals surface area contributed by atoms with Crippen molar-refractivity contribution in [3.63, 3.8) is 0 Å². The zero-order valence-corrected chi connectivity index (χ0v) is 22.8. The van der Waals surface area contributed by atoms with E-state index in [1.807, 2.05) is 48.0 Å². The van der Waals surface area contributed by atoms with Gasteiger partial charge in [0, 0.05) is 12.6 Å². The van der Waals surface area contributed by atoms with Crippen molar-refractivity contribution in [2.75, 3.05) is 5.32 Å². The monoisotopic (exact) mass is 548 g/mol. The third-order valence-electron chi connectivity index (χ3n) is 6.31. The number of nitrogens with zero attached hydrogens (tertiary/aromatic N) is 6. The molecule has 0 aliphatic heterocycles.